The third-order valence-electron chi connectivity index (χ3n) is 5.06. The van der Waals surface area contributed by atoms with Crippen LogP contribution in [0.1, 0.15) is 38.7 Å². The molecule has 112 valence electrons. The summed E-state index contributed by atoms with van der Waals surface area (Å²) in [6.07, 6.45) is 3.83. The lowest BCUT2D eigenvalue weighted by molar-refractivity contribution is -0.145. The van der Waals surface area contributed by atoms with Gasteiger partial charge in [-0.1, -0.05) is 26.0 Å². The lowest BCUT2D eigenvalue weighted by Gasteiger charge is -2.55. The Balaban J connectivity index is 1.93. The van der Waals surface area contributed by atoms with Crippen molar-refractivity contribution < 1.29 is 9.47 Å². The summed E-state index contributed by atoms with van der Waals surface area (Å²) >= 11 is 0. The van der Waals surface area contributed by atoms with Crippen molar-refractivity contribution in [3.63, 3.8) is 0 Å². The van der Waals surface area contributed by atoms with Gasteiger partial charge in [0.05, 0.1) is 19.8 Å². The highest BCUT2D eigenvalue weighted by atomic mass is 16.5. The normalized spacial score (nSPS) is 24.2. The van der Waals surface area contributed by atoms with E-state index < -0.39 is 0 Å². The van der Waals surface area contributed by atoms with E-state index in [1.807, 2.05) is 12.1 Å². The molecule has 1 aromatic rings. The minimum Gasteiger partial charge on any atom is -0.497 e. The van der Waals surface area contributed by atoms with Crippen molar-refractivity contribution in [1.82, 2.24) is 5.32 Å². The maximum absolute atomic E-state index is 6.19. The quantitative estimate of drug-likeness (QED) is 0.829. The van der Waals surface area contributed by atoms with E-state index in [0.29, 0.717) is 24.2 Å². The van der Waals surface area contributed by atoms with Crippen LogP contribution in [-0.2, 0) is 11.3 Å². The fourth-order valence-corrected chi connectivity index (χ4v) is 3.50. The standard InChI is InChI=1S/C17H27NO2/c1-5-17(6-2)15(18-3)11-16(17)20-12-13-7-9-14(19-4)10-8-13/h7-10,15-16,18H,5-6,11-12H2,1-4H3. The molecule has 0 aliphatic heterocycles. The SMILES string of the molecule is CCC1(CC)C(NC)CC1OCc1ccc(OC)cc1. The molecule has 2 unspecified atom stereocenters. The van der Waals surface area contributed by atoms with E-state index in [0.717, 1.165) is 12.2 Å². The minimum atomic E-state index is 0.307. The highest BCUT2D eigenvalue weighted by Gasteiger charge is 2.52. The molecule has 1 N–H and O–H groups in total. The molecular weight excluding hydrogens is 250 g/mol. The highest BCUT2D eigenvalue weighted by Crippen LogP contribution is 2.48. The van der Waals surface area contributed by atoms with Crippen LogP contribution in [0.4, 0.5) is 0 Å². The molecule has 0 aromatic heterocycles. The van der Waals surface area contributed by atoms with Crippen LogP contribution in [0, 0.1) is 5.41 Å². The van der Waals surface area contributed by atoms with Gasteiger partial charge in [0.25, 0.3) is 0 Å². The summed E-state index contributed by atoms with van der Waals surface area (Å²) in [6.45, 7) is 5.24. The molecule has 1 aliphatic carbocycles. The second-order valence-electron chi connectivity index (χ2n) is 5.66. The lowest BCUT2D eigenvalue weighted by Crippen LogP contribution is -2.62. The summed E-state index contributed by atoms with van der Waals surface area (Å²) in [4.78, 5) is 0. The first-order chi connectivity index (χ1) is 9.70. The number of hydrogen-bond donors (Lipinski definition) is 1. The predicted molar refractivity (Wildman–Crippen MR) is 82.1 cm³/mol. The minimum absolute atomic E-state index is 0.307. The van der Waals surface area contributed by atoms with Gasteiger partial charge in [0.2, 0.25) is 0 Å². The zero-order valence-electron chi connectivity index (χ0n) is 13.1. The van der Waals surface area contributed by atoms with E-state index in [1.165, 1.54) is 18.4 Å². The summed E-state index contributed by atoms with van der Waals surface area (Å²) < 4.78 is 11.4. The van der Waals surface area contributed by atoms with Crippen molar-refractivity contribution in [2.45, 2.75) is 51.9 Å². The first-order valence-electron chi connectivity index (χ1n) is 7.62. The molecule has 0 amide bonds. The fraction of sp³-hybridized carbons (Fsp3) is 0.647. The Labute approximate surface area is 122 Å². The van der Waals surface area contributed by atoms with Crippen molar-refractivity contribution in [3.05, 3.63) is 29.8 Å². The van der Waals surface area contributed by atoms with Gasteiger partial charge in [-0.25, -0.2) is 0 Å². The third kappa shape index (κ3) is 2.70. The number of methoxy groups -OCH3 is 1. The number of hydrogen-bond acceptors (Lipinski definition) is 3. The average molecular weight is 277 g/mol. The summed E-state index contributed by atoms with van der Waals surface area (Å²) in [5.74, 6) is 0.893. The van der Waals surface area contributed by atoms with Crippen LogP contribution >= 0.6 is 0 Å². The molecule has 1 fully saturated rings. The molecule has 3 heteroatoms. The van der Waals surface area contributed by atoms with Crippen molar-refractivity contribution in [2.24, 2.45) is 5.41 Å². The van der Waals surface area contributed by atoms with Crippen LogP contribution < -0.4 is 10.1 Å². The molecule has 20 heavy (non-hydrogen) atoms. The van der Waals surface area contributed by atoms with Crippen LogP contribution in [0.25, 0.3) is 0 Å². The summed E-state index contributed by atoms with van der Waals surface area (Å²) in [7, 11) is 3.75. The molecule has 1 saturated carbocycles. The van der Waals surface area contributed by atoms with Gasteiger partial charge in [0.1, 0.15) is 5.75 Å². The zero-order valence-corrected chi connectivity index (χ0v) is 13.1. The Morgan fingerprint density at radius 3 is 2.35 bits per heavy atom. The molecule has 1 aliphatic rings. The number of ether oxygens (including phenoxy) is 2. The molecule has 0 bridgehead atoms. The molecule has 1 aromatic carbocycles. The van der Waals surface area contributed by atoms with Gasteiger partial charge in [0, 0.05) is 11.5 Å². The third-order valence-corrected chi connectivity index (χ3v) is 5.06. The van der Waals surface area contributed by atoms with Crippen molar-refractivity contribution in [2.75, 3.05) is 14.2 Å². The zero-order chi connectivity index (χ0) is 14.6. The Kier molecular flexibility index (Phi) is 5.06. The van der Waals surface area contributed by atoms with E-state index in [9.17, 15) is 0 Å². The summed E-state index contributed by atoms with van der Waals surface area (Å²) in [6, 6.07) is 8.73. The van der Waals surface area contributed by atoms with E-state index in [1.54, 1.807) is 7.11 Å². The van der Waals surface area contributed by atoms with Crippen LogP contribution in [0.5, 0.6) is 5.75 Å². The molecule has 0 spiro atoms. The van der Waals surface area contributed by atoms with Crippen molar-refractivity contribution >= 4 is 0 Å². The first-order valence-corrected chi connectivity index (χ1v) is 7.62. The lowest BCUT2D eigenvalue weighted by atomic mass is 9.58. The predicted octanol–water partition coefficient (Wildman–Crippen LogP) is 3.38. The summed E-state index contributed by atoms with van der Waals surface area (Å²) in [5, 5.41) is 3.44. The Hall–Kier alpha value is -1.06. The topological polar surface area (TPSA) is 30.5 Å². The molecule has 0 heterocycles. The first kappa shape index (κ1) is 15.3. The van der Waals surface area contributed by atoms with Crippen LogP contribution in [0.3, 0.4) is 0 Å². The second kappa shape index (κ2) is 6.59. The number of rotatable bonds is 7. The molecular formula is C17H27NO2. The smallest absolute Gasteiger partial charge is 0.118 e. The van der Waals surface area contributed by atoms with Gasteiger partial charge >= 0.3 is 0 Å². The Bertz CT molecular complexity index is 412. The van der Waals surface area contributed by atoms with E-state index in [2.05, 4.69) is 38.3 Å². The fourth-order valence-electron chi connectivity index (χ4n) is 3.50. The Morgan fingerprint density at radius 1 is 1.20 bits per heavy atom. The highest BCUT2D eigenvalue weighted by molar-refractivity contribution is 5.26. The maximum atomic E-state index is 6.19. The van der Waals surface area contributed by atoms with Gasteiger partial charge < -0.3 is 14.8 Å². The van der Waals surface area contributed by atoms with Gasteiger partial charge in [-0.05, 0) is 44.0 Å². The average Bonchev–Trinajstić information content (AvgIpc) is 2.48. The van der Waals surface area contributed by atoms with Gasteiger partial charge in [-0.2, -0.15) is 0 Å². The second-order valence-corrected chi connectivity index (χ2v) is 5.66. The maximum Gasteiger partial charge on any atom is 0.118 e. The molecule has 3 nitrogen and oxygen atoms in total. The number of nitrogens with one attached hydrogen (secondary N) is 1. The molecule has 0 saturated heterocycles. The van der Waals surface area contributed by atoms with Crippen LogP contribution in [-0.4, -0.2) is 26.3 Å². The van der Waals surface area contributed by atoms with E-state index in [-0.39, 0.29) is 0 Å². The molecule has 0 radical (unpaired) electrons. The van der Waals surface area contributed by atoms with Gasteiger partial charge in [-0.15, -0.1) is 0 Å². The van der Waals surface area contributed by atoms with E-state index in [4.69, 9.17) is 9.47 Å². The van der Waals surface area contributed by atoms with Crippen LogP contribution in [0.15, 0.2) is 24.3 Å². The monoisotopic (exact) mass is 277 g/mol. The summed E-state index contributed by atoms with van der Waals surface area (Å²) in [5.41, 5.74) is 1.51. The van der Waals surface area contributed by atoms with E-state index >= 15 is 0 Å². The molecule has 2 rings (SSSR count). The van der Waals surface area contributed by atoms with Crippen molar-refractivity contribution in [1.29, 1.82) is 0 Å². The number of benzene rings is 1. The van der Waals surface area contributed by atoms with Gasteiger partial charge in [0.15, 0.2) is 0 Å². The van der Waals surface area contributed by atoms with Crippen LogP contribution in [0.2, 0.25) is 0 Å². The van der Waals surface area contributed by atoms with Crippen molar-refractivity contribution in [3.8, 4) is 5.75 Å². The largest absolute Gasteiger partial charge is 0.497 e. The molecule has 2 atom stereocenters. The Morgan fingerprint density at radius 2 is 1.85 bits per heavy atom. The van der Waals surface area contributed by atoms with Gasteiger partial charge in [-0.3, -0.25) is 0 Å².